The summed E-state index contributed by atoms with van der Waals surface area (Å²) in [4.78, 5) is 17.4. The number of benzene rings is 1. The van der Waals surface area contributed by atoms with Crippen molar-refractivity contribution in [2.45, 2.75) is 32.4 Å². The highest BCUT2D eigenvalue weighted by Gasteiger charge is 2.34. The first-order valence-corrected chi connectivity index (χ1v) is 9.36. The Bertz CT molecular complexity index is 790. The molecule has 1 aromatic carbocycles. The Morgan fingerprint density at radius 1 is 1.31 bits per heavy atom. The van der Waals surface area contributed by atoms with Crippen LogP contribution in [0.3, 0.4) is 0 Å². The van der Waals surface area contributed by atoms with Gasteiger partial charge in [0, 0.05) is 30.7 Å². The molecular formula is C19H22ClN3O3. The topological polar surface area (TPSA) is 58.8 Å². The maximum Gasteiger partial charge on any atom is 0.276 e. The van der Waals surface area contributed by atoms with Crippen LogP contribution in [0.4, 0.5) is 0 Å². The van der Waals surface area contributed by atoms with Gasteiger partial charge in [0.25, 0.3) is 5.91 Å². The second-order valence-corrected chi connectivity index (χ2v) is 7.33. The van der Waals surface area contributed by atoms with Crippen LogP contribution in [0, 0.1) is 6.92 Å². The van der Waals surface area contributed by atoms with Gasteiger partial charge in [0.15, 0.2) is 5.69 Å². The predicted octanol–water partition coefficient (Wildman–Crippen LogP) is 3.14. The van der Waals surface area contributed by atoms with Gasteiger partial charge >= 0.3 is 0 Å². The summed E-state index contributed by atoms with van der Waals surface area (Å²) in [6.07, 6.45) is 2.38. The molecule has 4 rings (SSSR count). The van der Waals surface area contributed by atoms with Crippen molar-refractivity contribution < 1.29 is 14.1 Å². The van der Waals surface area contributed by atoms with Gasteiger partial charge in [0.2, 0.25) is 0 Å². The molecule has 1 atom stereocenters. The Balaban J connectivity index is 1.46. The molecule has 1 amide bonds. The first kappa shape index (κ1) is 17.4. The molecule has 0 radical (unpaired) electrons. The van der Waals surface area contributed by atoms with E-state index >= 15 is 0 Å². The third-order valence-corrected chi connectivity index (χ3v) is 5.51. The number of amides is 1. The van der Waals surface area contributed by atoms with E-state index in [1.165, 1.54) is 6.42 Å². The Labute approximate surface area is 157 Å². The van der Waals surface area contributed by atoms with Crippen molar-refractivity contribution >= 4 is 17.5 Å². The molecule has 1 unspecified atom stereocenters. The molecule has 3 heterocycles. The van der Waals surface area contributed by atoms with E-state index in [1.807, 2.05) is 4.90 Å². The average molecular weight is 376 g/mol. The van der Waals surface area contributed by atoms with Crippen LogP contribution in [0.1, 0.15) is 34.7 Å². The van der Waals surface area contributed by atoms with Crippen molar-refractivity contribution in [3.63, 3.8) is 0 Å². The van der Waals surface area contributed by atoms with Crippen LogP contribution in [0.15, 0.2) is 28.8 Å². The summed E-state index contributed by atoms with van der Waals surface area (Å²) in [6.45, 7) is 5.63. The highest BCUT2D eigenvalue weighted by atomic mass is 35.5. The van der Waals surface area contributed by atoms with Crippen molar-refractivity contribution in [3.05, 3.63) is 46.3 Å². The van der Waals surface area contributed by atoms with Crippen LogP contribution in [0.2, 0.25) is 5.02 Å². The third kappa shape index (κ3) is 3.44. The lowest BCUT2D eigenvalue weighted by molar-refractivity contribution is 0.0559. The minimum Gasteiger partial charge on any atom is -0.489 e. The van der Waals surface area contributed by atoms with Crippen LogP contribution < -0.4 is 4.74 Å². The maximum atomic E-state index is 13.0. The van der Waals surface area contributed by atoms with E-state index in [1.54, 1.807) is 31.2 Å². The normalized spacial score (nSPS) is 20.2. The van der Waals surface area contributed by atoms with Crippen molar-refractivity contribution in [1.29, 1.82) is 0 Å². The number of halogens is 1. The zero-order valence-corrected chi connectivity index (χ0v) is 15.5. The molecule has 2 fully saturated rings. The van der Waals surface area contributed by atoms with Crippen LogP contribution in [0.25, 0.3) is 0 Å². The van der Waals surface area contributed by atoms with Crippen molar-refractivity contribution in [2.75, 3.05) is 26.2 Å². The molecule has 2 aromatic rings. The Morgan fingerprint density at radius 2 is 2.12 bits per heavy atom. The molecule has 2 saturated heterocycles. The lowest BCUT2D eigenvalue weighted by Gasteiger charge is -2.37. The van der Waals surface area contributed by atoms with Crippen LogP contribution in [-0.4, -0.2) is 53.1 Å². The van der Waals surface area contributed by atoms with Gasteiger partial charge in [0.05, 0.1) is 5.56 Å². The monoisotopic (exact) mass is 375 g/mol. The molecule has 0 N–H and O–H groups in total. The minimum absolute atomic E-state index is 0.0666. The van der Waals surface area contributed by atoms with Gasteiger partial charge in [-0.15, -0.1) is 0 Å². The van der Waals surface area contributed by atoms with Gasteiger partial charge < -0.3 is 14.2 Å². The number of carbonyl (C=O) groups excluding carboxylic acids is 1. The number of aromatic nitrogens is 1. The van der Waals surface area contributed by atoms with Gasteiger partial charge in [-0.1, -0.05) is 16.8 Å². The molecular weight excluding hydrogens is 354 g/mol. The van der Waals surface area contributed by atoms with Crippen LogP contribution >= 0.6 is 11.6 Å². The number of aryl methyl sites for hydroxylation is 1. The number of hydrogen-bond acceptors (Lipinski definition) is 5. The van der Waals surface area contributed by atoms with E-state index in [9.17, 15) is 4.79 Å². The first-order valence-electron chi connectivity index (χ1n) is 8.98. The Hall–Kier alpha value is -2.05. The first-order chi connectivity index (χ1) is 12.6. The van der Waals surface area contributed by atoms with Crippen molar-refractivity contribution in [1.82, 2.24) is 15.0 Å². The summed E-state index contributed by atoms with van der Waals surface area (Å²) in [5, 5.41) is 4.68. The Morgan fingerprint density at radius 3 is 2.92 bits per heavy atom. The fourth-order valence-electron chi connectivity index (χ4n) is 3.74. The molecule has 2 aliphatic rings. The molecule has 2 aliphatic heterocycles. The predicted molar refractivity (Wildman–Crippen MR) is 97.5 cm³/mol. The molecule has 0 spiro atoms. The zero-order valence-electron chi connectivity index (χ0n) is 14.8. The molecule has 1 aromatic heterocycles. The quantitative estimate of drug-likeness (QED) is 0.821. The van der Waals surface area contributed by atoms with Crippen molar-refractivity contribution in [2.24, 2.45) is 0 Å². The van der Waals surface area contributed by atoms with E-state index in [2.05, 4.69) is 10.1 Å². The number of carbonyl (C=O) groups is 1. The zero-order chi connectivity index (χ0) is 18.1. The molecule has 6 nitrogen and oxygen atoms in total. The molecule has 0 aliphatic carbocycles. The molecule has 7 heteroatoms. The third-order valence-electron chi connectivity index (χ3n) is 5.26. The average Bonchev–Trinajstić information content (AvgIpc) is 3.26. The van der Waals surface area contributed by atoms with Crippen LogP contribution in [-0.2, 0) is 6.61 Å². The summed E-state index contributed by atoms with van der Waals surface area (Å²) in [5.74, 6) is 1.23. The number of ether oxygens (including phenoxy) is 1. The van der Waals surface area contributed by atoms with Gasteiger partial charge in [-0.3, -0.25) is 9.69 Å². The smallest absolute Gasteiger partial charge is 0.276 e. The molecule has 0 saturated carbocycles. The van der Waals surface area contributed by atoms with E-state index in [0.717, 1.165) is 32.6 Å². The van der Waals surface area contributed by atoms with E-state index in [0.29, 0.717) is 33.8 Å². The number of piperazine rings is 1. The number of hydrogen-bond donors (Lipinski definition) is 0. The number of fused-ring (bicyclic) bond motifs is 1. The highest BCUT2D eigenvalue weighted by molar-refractivity contribution is 6.30. The largest absolute Gasteiger partial charge is 0.489 e. The number of rotatable bonds is 4. The van der Waals surface area contributed by atoms with Gasteiger partial charge in [-0.2, -0.15) is 0 Å². The summed E-state index contributed by atoms with van der Waals surface area (Å²) in [6, 6.07) is 7.61. The standard InChI is InChI=1S/C19H22ClN3O3/c1-13-17(12-25-16-6-4-14(20)5-7-16)18(21-26-13)19(24)23-10-9-22-8-2-3-15(22)11-23/h4-7,15H,2-3,8-12H2,1H3. The molecule has 26 heavy (non-hydrogen) atoms. The minimum atomic E-state index is -0.0666. The summed E-state index contributed by atoms with van der Waals surface area (Å²) in [7, 11) is 0. The fraction of sp³-hybridized carbons (Fsp3) is 0.474. The highest BCUT2D eigenvalue weighted by Crippen LogP contribution is 2.25. The van der Waals surface area contributed by atoms with Crippen LogP contribution in [0.5, 0.6) is 5.75 Å². The summed E-state index contributed by atoms with van der Waals surface area (Å²) >= 11 is 5.89. The second-order valence-electron chi connectivity index (χ2n) is 6.89. The van der Waals surface area contributed by atoms with Crippen molar-refractivity contribution in [3.8, 4) is 5.75 Å². The van der Waals surface area contributed by atoms with E-state index in [4.69, 9.17) is 20.9 Å². The van der Waals surface area contributed by atoms with Gasteiger partial charge in [0.1, 0.15) is 18.1 Å². The van der Waals surface area contributed by atoms with Gasteiger partial charge in [-0.25, -0.2) is 0 Å². The maximum absolute atomic E-state index is 13.0. The molecule has 138 valence electrons. The summed E-state index contributed by atoms with van der Waals surface area (Å²) < 4.78 is 11.1. The van der Waals surface area contributed by atoms with Gasteiger partial charge in [-0.05, 0) is 50.6 Å². The van der Waals surface area contributed by atoms with E-state index in [-0.39, 0.29) is 12.5 Å². The summed E-state index contributed by atoms with van der Waals surface area (Å²) in [5.41, 5.74) is 1.07. The van der Waals surface area contributed by atoms with E-state index < -0.39 is 0 Å². The Kier molecular flexibility index (Phi) is 4.87. The lowest BCUT2D eigenvalue weighted by atomic mass is 10.1. The molecule has 0 bridgehead atoms. The fourth-order valence-corrected chi connectivity index (χ4v) is 3.87. The second kappa shape index (κ2) is 7.29. The number of nitrogens with zero attached hydrogens (tertiary/aromatic N) is 3. The lowest BCUT2D eigenvalue weighted by Crippen LogP contribution is -2.52. The SMILES string of the molecule is Cc1onc(C(=O)N2CCN3CCCC3C2)c1COc1ccc(Cl)cc1.